The van der Waals surface area contributed by atoms with Gasteiger partial charge in [0.25, 0.3) is 0 Å². The standard InChI is InChI=1S/C15H28O4/c1-5-8-9-10-11-15(4,14(17)19-7-3)12-13(16)18-6-2/h5-12H2,1-4H3. The van der Waals surface area contributed by atoms with Gasteiger partial charge in [-0.1, -0.05) is 32.6 Å². The largest absolute Gasteiger partial charge is 0.466 e. The number of ether oxygens (including phenoxy) is 2. The molecule has 19 heavy (non-hydrogen) atoms. The summed E-state index contributed by atoms with van der Waals surface area (Å²) < 4.78 is 10.0. The summed E-state index contributed by atoms with van der Waals surface area (Å²) in [4.78, 5) is 23.7. The van der Waals surface area contributed by atoms with Crippen LogP contribution in [0.1, 0.15) is 66.2 Å². The Labute approximate surface area is 116 Å². The van der Waals surface area contributed by atoms with Gasteiger partial charge in [0.1, 0.15) is 0 Å². The van der Waals surface area contributed by atoms with E-state index < -0.39 is 5.41 Å². The molecule has 0 aromatic rings. The fourth-order valence-corrected chi connectivity index (χ4v) is 2.04. The van der Waals surface area contributed by atoms with E-state index in [0.717, 1.165) is 25.7 Å². The molecular weight excluding hydrogens is 244 g/mol. The van der Waals surface area contributed by atoms with E-state index in [4.69, 9.17) is 9.47 Å². The van der Waals surface area contributed by atoms with E-state index >= 15 is 0 Å². The van der Waals surface area contributed by atoms with Gasteiger partial charge in [-0.25, -0.2) is 0 Å². The molecule has 0 heterocycles. The minimum absolute atomic E-state index is 0.103. The summed E-state index contributed by atoms with van der Waals surface area (Å²) in [5.41, 5.74) is -0.754. The van der Waals surface area contributed by atoms with Gasteiger partial charge in [-0.05, 0) is 27.2 Å². The van der Waals surface area contributed by atoms with Crippen LogP contribution >= 0.6 is 0 Å². The molecule has 0 aliphatic carbocycles. The summed E-state index contributed by atoms with van der Waals surface area (Å²) in [5, 5.41) is 0. The Hall–Kier alpha value is -1.06. The molecule has 112 valence electrons. The van der Waals surface area contributed by atoms with Crippen LogP contribution in [0.25, 0.3) is 0 Å². The molecule has 0 saturated heterocycles. The van der Waals surface area contributed by atoms with Crippen molar-refractivity contribution in [3.63, 3.8) is 0 Å². The predicted molar refractivity (Wildman–Crippen MR) is 74.7 cm³/mol. The second-order valence-corrected chi connectivity index (χ2v) is 5.07. The molecule has 1 atom stereocenters. The summed E-state index contributed by atoms with van der Waals surface area (Å²) in [5.74, 6) is -0.618. The number of esters is 2. The van der Waals surface area contributed by atoms with Crippen molar-refractivity contribution in [2.75, 3.05) is 13.2 Å². The van der Waals surface area contributed by atoms with E-state index in [-0.39, 0.29) is 18.4 Å². The molecule has 0 N–H and O–H groups in total. The van der Waals surface area contributed by atoms with Crippen molar-refractivity contribution in [1.82, 2.24) is 0 Å². The molecule has 0 saturated carbocycles. The van der Waals surface area contributed by atoms with Crippen molar-refractivity contribution in [2.24, 2.45) is 5.41 Å². The number of carbonyl (C=O) groups excluding carboxylic acids is 2. The molecule has 0 aromatic heterocycles. The van der Waals surface area contributed by atoms with Crippen molar-refractivity contribution >= 4 is 11.9 Å². The van der Waals surface area contributed by atoms with Crippen LogP contribution in [-0.4, -0.2) is 25.2 Å². The predicted octanol–water partition coefficient (Wildman–Crippen LogP) is 3.48. The molecule has 0 spiro atoms. The molecule has 0 aliphatic heterocycles. The number of carbonyl (C=O) groups is 2. The summed E-state index contributed by atoms with van der Waals surface area (Å²) in [6.45, 7) is 8.16. The van der Waals surface area contributed by atoms with E-state index in [1.807, 2.05) is 0 Å². The normalized spacial score (nSPS) is 13.7. The number of hydrogen-bond donors (Lipinski definition) is 0. The number of unbranched alkanes of at least 4 members (excludes halogenated alkanes) is 3. The highest BCUT2D eigenvalue weighted by molar-refractivity contribution is 5.83. The zero-order valence-electron chi connectivity index (χ0n) is 12.8. The highest BCUT2D eigenvalue weighted by atomic mass is 16.5. The maximum atomic E-state index is 12.0. The van der Waals surface area contributed by atoms with Crippen LogP contribution in [0.4, 0.5) is 0 Å². The van der Waals surface area contributed by atoms with E-state index in [1.165, 1.54) is 0 Å². The minimum Gasteiger partial charge on any atom is -0.466 e. The van der Waals surface area contributed by atoms with Crippen molar-refractivity contribution in [2.45, 2.75) is 66.2 Å². The second-order valence-electron chi connectivity index (χ2n) is 5.07. The van der Waals surface area contributed by atoms with E-state index in [0.29, 0.717) is 19.6 Å². The summed E-state index contributed by atoms with van der Waals surface area (Å²) in [7, 11) is 0. The Morgan fingerprint density at radius 1 is 0.947 bits per heavy atom. The molecule has 0 fully saturated rings. The van der Waals surface area contributed by atoms with Gasteiger partial charge in [0.15, 0.2) is 0 Å². The van der Waals surface area contributed by atoms with Gasteiger partial charge < -0.3 is 9.47 Å². The lowest BCUT2D eigenvalue weighted by Crippen LogP contribution is -2.33. The molecule has 0 radical (unpaired) electrons. The van der Waals surface area contributed by atoms with Gasteiger partial charge >= 0.3 is 11.9 Å². The molecule has 4 heteroatoms. The van der Waals surface area contributed by atoms with Gasteiger partial charge in [0, 0.05) is 0 Å². The van der Waals surface area contributed by atoms with Gasteiger partial charge in [-0.15, -0.1) is 0 Å². The lowest BCUT2D eigenvalue weighted by molar-refractivity contribution is -0.161. The zero-order chi connectivity index (χ0) is 14.7. The van der Waals surface area contributed by atoms with E-state index in [2.05, 4.69) is 6.92 Å². The van der Waals surface area contributed by atoms with Crippen LogP contribution in [0.15, 0.2) is 0 Å². The third kappa shape index (κ3) is 7.19. The average Bonchev–Trinajstić information content (AvgIpc) is 2.35. The highest BCUT2D eigenvalue weighted by Crippen LogP contribution is 2.31. The highest BCUT2D eigenvalue weighted by Gasteiger charge is 2.37. The first-order valence-electron chi connectivity index (χ1n) is 7.33. The van der Waals surface area contributed by atoms with Crippen LogP contribution in [0, 0.1) is 5.41 Å². The number of rotatable bonds is 10. The molecule has 4 nitrogen and oxygen atoms in total. The first-order chi connectivity index (χ1) is 9.00. The first-order valence-corrected chi connectivity index (χ1v) is 7.33. The quantitative estimate of drug-likeness (QED) is 0.451. The molecule has 0 aromatic carbocycles. The Bertz CT molecular complexity index is 275. The number of hydrogen-bond acceptors (Lipinski definition) is 4. The van der Waals surface area contributed by atoms with E-state index in [9.17, 15) is 9.59 Å². The Morgan fingerprint density at radius 2 is 1.58 bits per heavy atom. The molecule has 1 unspecified atom stereocenters. The fourth-order valence-electron chi connectivity index (χ4n) is 2.04. The second kappa shape index (κ2) is 9.82. The van der Waals surface area contributed by atoms with Gasteiger partial charge in [0.05, 0.1) is 25.0 Å². The van der Waals surface area contributed by atoms with Crippen LogP contribution in [0.3, 0.4) is 0 Å². The van der Waals surface area contributed by atoms with Crippen LogP contribution < -0.4 is 0 Å². The Balaban J connectivity index is 4.52. The summed E-state index contributed by atoms with van der Waals surface area (Å²) in [6, 6.07) is 0. The summed E-state index contributed by atoms with van der Waals surface area (Å²) in [6.07, 6.45) is 5.08. The van der Waals surface area contributed by atoms with Crippen molar-refractivity contribution in [3.8, 4) is 0 Å². The zero-order valence-corrected chi connectivity index (χ0v) is 12.8. The summed E-state index contributed by atoms with van der Waals surface area (Å²) >= 11 is 0. The van der Waals surface area contributed by atoms with Crippen molar-refractivity contribution < 1.29 is 19.1 Å². The maximum Gasteiger partial charge on any atom is 0.312 e. The van der Waals surface area contributed by atoms with E-state index in [1.54, 1.807) is 20.8 Å². The average molecular weight is 272 g/mol. The van der Waals surface area contributed by atoms with Crippen molar-refractivity contribution in [3.05, 3.63) is 0 Å². The molecule has 0 bridgehead atoms. The molecular formula is C15H28O4. The first kappa shape index (κ1) is 17.9. The molecule has 0 rings (SSSR count). The van der Waals surface area contributed by atoms with Crippen molar-refractivity contribution in [1.29, 1.82) is 0 Å². The Kier molecular flexibility index (Phi) is 9.27. The molecule has 0 amide bonds. The van der Waals surface area contributed by atoms with Gasteiger partial charge in [-0.3, -0.25) is 9.59 Å². The van der Waals surface area contributed by atoms with Crippen LogP contribution in [0.5, 0.6) is 0 Å². The van der Waals surface area contributed by atoms with Gasteiger partial charge in [-0.2, -0.15) is 0 Å². The third-order valence-electron chi connectivity index (χ3n) is 3.19. The fraction of sp³-hybridized carbons (Fsp3) is 0.867. The van der Waals surface area contributed by atoms with Crippen LogP contribution in [-0.2, 0) is 19.1 Å². The maximum absolute atomic E-state index is 12.0. The SMILES string of the molecule is CCCCCCC(C)(CC(=O)OCC)C(=O)OCC. The van der Waals surface area contributed by atoms with Crippen LogP contribution in [0.2, 0.25) is 0 Å². The topological polar surface area (TPSA) is 52.6 Å². The minimum atomic E-state index is -0.754. The third-order valence-corrected chi connectivity index (χ3v) is 3.19. The van der Waals surface area contributed by atoms with Gasteiger partial charge in [0.2, 0.25) is 0 Å². The molecule has 0 aliphatic rings. The smallest absolute Gasteiger partial charge is 0.312 e. The Morgan fingerprint density at radius 3 is 2.11 bits per heavy atom. The monoisotopic (exact) mass is 272 g/mol. The lowest BCUT2D eigenvalue weighted by Gasteiger charge is -2.26. The lowest BCUT2D eigenvalue weighted by atomic mass is 9.81.